The summed E-state index contributed by atoms with van der Waals surface area (Å²) in [6.45, 7) is 1.45. The van der Waals surface area contributed by atoms with Crippen LogP contribution in [0.4, 0.5) is 18.9 Å². The molecule has 0 aliphatic rings. The average molecular weight is 314 g/mol. The van der Waals surface area contributed by atoms with Crippen LogP contribution in [-0.2, 0) is 0 Å². The lowest BCUT2D eigenvalue weighted by Gasteiger charge is -2.12. The van der Waals surface area contributed by atoms with Crippen LogP contribution < -0.4 is 9.47 Å². The zero-order valence-corrected chi connectivity index (χ0v) is 11.1. The van der Waals surface area contributed by atoms with Crippen molar-refractivity contribution in [2.45, 2.75) is 13.3 Å². The van der Waals surface area contributed by atoms with Crippen LogP contribution in [0.3, 0.4) is 0 Å². The highest BCUT2D eigenvalue weighted by Crippen LogP contribution is 2.31. The number of aryl methyl sites for hydroxylation is 1. The fraction of sp³-hybridized carbons (Fsp3) is 0.154. The van der Waals surface area contributed by atoms with E-state index in [-0.39, 0.29) is 22.9 Å². The van der Waals surface area contributed by atoms with E-state index >= 15 is 0 Å². The van der Waals surface area contributed by atoms with Crippen LogP contribution >= 0.6 is 0 Å². The highest BCUT2D eigenvalue weighted by Gasteiger charge is 2.31. The molecule has 22 heavy (non-hydrogen) atoms. The molecule has 2 aromatic rings. The summed E-state index contributed by atoms with van der Waals surface area (Å²) in [6.07, 6.45) is -3.83. The van der Waals surface area contributed by atoms with Gasteiger partial charge in [0.25, 0.3) is 5.69 Å². The molecule has 1 aromatic heterocycles. The lowest BCUT2D eigenvalue weighted by atomic mass is 10.2. The predicted octanol–water partition coefficient (Wildman–Crippen LogP) is 3.99. The lowest BCUT2D eigenvalue weighted by molar-refractivity contribution is -0.385. The maximum atomic E-state index is 12.3. The standard InChI is InChI=1S/C13H9F3N2O4/c1-8-2-4-10(6-11(8)22-13(14,15)16)21-12-5-3-9(7-17-12)18(19)20/h2-7H,1H3. The number of ether oxygens (including phenoxy) is 2. The maximum absolute atomic E-state index is 12.3. The van der Waals surface area contributed by atoms with Gasteiger partial charge in [-0.25, -0.2) is 4.98 Å². The summed E-state index contributed by atoms with van der Waals surface area (Å²) in [5.74, 6) is -0.328. The van der Waals surface area contributed by atoms with Gasteiger partial charge in [0.05, 0.1) is 4.92 Å². The summed E-state index contributed by atoms with van der Waals surface area (Å²) in [4.78, 5) is 13.6. The van der Waals surface area contributed by atoms with Crippen molar-refractivity contribution in [1.82, 2.24) is 4.98 Å². The summed E-state index contributed by atoms with van der Waals surface area (Å²) in [5.41, 5.74) is 0.0543. The molecule has 116 valence electrons. The van der Waals surface area contributed by atoms with Crippen molar-refractivity contribution in [1.29, 1.82) is 0 Å². The molecule has 9 heteroatoms. The van der Waals surface area contributed by atoms with E-state index < -0.39 is 17.0 Å². The van der Waals surface area contributed by atoms with Gasteiger partial charge in [0.2, 0.25) is 5.88 Å². The number of benzene rings is 1. The van der Waals surface area contributed by atoms with Crippen molar-refractivity contribution in [2.24, 2.45) is 0 Å². The fourth-order valence-corrected chi connectivity index (χ4v) is 1.54. The molecule has 0 bridgehead atoms. The molecule has 0 saturated carbocycles. The Labute approximate surface area is 122 Å². The summed E-state index contributed by atoms with van der Waals surface area (Å²) >= 11 is 0. The highest BCUT2D eigenvalue weighted by molar-refractivity contribution is 5.41. The van der Waals surface area contributed by atoms with Crippen molar-refractivity contribution in [2.75, 3.05) is 0 Å². The number of hydrogen-bond donors (Lipinski definition) is 0. The molecule has 0 saturated heterocycles. The van der Waals surface area contributed by atoms with Gasteiger partial charge in [-0.3, -0.25) is 10.1 Å². The van der Waals surface area contributed by atoms with Crippen molar-refractivity contribution in [3.8, 4) is 17.4 Å². The first-order valence-corrected chi connectivity index (χ1v) is 5.89. The van der Waals surface area contributed by atoms with Gasteiger partial charge in [0.15, 0.2) is 0 Å². The average Bonchev–Trinajstić information content (AvgIpc) is 2.41. The second-order valence-electron chi connectivity index (χ2n) is 4.19. The SMILES string of the molecule is Cc1ccc(Oc2ccc([N+](=O)[O-])cn2)cc1OC(F)(F)F. The van der Waals surface area contributed by atoms with Crippen molar-refractivity contribution >= 4 is 5.69 Å². The highest BCUT2D eigenvalue weighted by atomic mass is 19.4. The molecule has 0 spiro atoms. The molecule has 0 atom stereocenters. The fourth-order valence-electron chi connectivity index (χ4n) is 1.54. The molecule has 0 N–H and O–H groups in total. The van der Waals surface area contributed by atoms with Crippen LogP contribution in [0.2, 0.25) is 0 Å². The molecule has 0 fully saturated rings. The molecule has 1 aromatic carbocycles. The zero-order chi connectivity index (χ0) is 16.3. The topological polar surface area (TPSA) is 74.5 Å². The van der Waals surface area contributed by atoms with Crippen LogP contribution in [0.25, 0.3) is 0 Å². The molecule has 0 aliphatic carbocycles. The molecule has 6 nitrogen and oxygen atoms in total. The Bertz CT molecular complexity index is 687. The summed E-state index contributed by atoms with van der Waals surface area (Å²) < 4.78 is 45.9. The minimum absolute atomic E-state index is 0.00686. The third kappa shape index (κ3) is 4.08. The number of pyridine rings is 1. The predicted molar refractivity (Wildman–Crippen MR) is 68.8 cm³/mol. The quantitative estimate of drug-likeness (QED) is 0.630. The summed E-state index contributed by atoms with van der Waals surface area (Å²) in [7, 11) is 0. The second-order valence-corrected chi connectivity index (χ2v) is 4.19. The van der Waals surface area contributed by atoms with E-state index in [2.05, 4.69) is 9.72 Å². The number of aromatic nitrogens is 1. The van der Waals surface area contributed by atoms with E-state index in [1.165, 1.54) is 31.2 Å². The normalized spacial score (nSPS) is 11.1. The Balaban J connectivity index is 2.19. The van der Waals surface area contributed by atoms with Crippen LogP contribution in [0, 0.1) is 17.0 Å². The molecule has 1 heterocycles. The van der Waals surface area contributed by atoms with E-state index in [1.807, 2.05) is 0 Å². The molecule has 2 rings (SSSR count). The number of alkyl halides is 3. The second kappa shape index (κ2) is 5.88. The van der Waals surface area contributed by atoms with Gasteiger partial charge in [0.1, 0.15) is 17.7 Å². The van der Waals surface area contributed by atoms with Gasteiger partial charge in [-0.1, -0.05) is 6.07 Å². The third-order valence-electron chi connectivity index (χ3n) is 2.54. The Morgan fingerprint density at radius 1 is 1.23 bits per heavy atom. The molecule has 0 unspecified atom stereocenters. The van der Waals surface area contributed by atoms with Gasteiger partial charge < -0.3 is 9.47 Å². The molecular formula is C13H9F3N2O4. The van der Waals surface area contributed by atoms with Crippen molar-refractivity contribution < 1.29 is 27.6 Å². The maximum Gasteiger partial charge on any atom is 0.573 e. The van der Waals surface area contributed by atoms with E-state index in [0.717, 1.165) is 12.3 Å². The first-order chi connectivity index (χ1) is 10.2. The molecular weight excluding hydrogens is 305 g/mol. The van der Waals surface area contributed by atoms with Gasteiger partial charge >= 0.3 is 6.36 Å². The van der Waals surface area contributed by atoms with Crippen molar-refractivity contribution in [3.63, 3.8) is 0 Å². The lowest BCUT2D eigenvalue weighted by Crippen LogP contribution is -2.17. The smallest absolute Gasteiger partial charge is 0.439 e. The number of nitro groups is 1. The molecule has 0 amide bonds. The van der Waals surface area contributed by atoms with E-state index in [4.69, 9.17) is 4.74 Å². The van der Waals surface area contributed by atoms with Crippen LogP contribution in [0.15, 0.2) is 36.5 Å². The first kappa shape index (κ1) is 15.5. The van der Waals surface area contributed by atoms with E-state index in [0.29, 0.717) is 0 Å². The van der Waals surface area contributed by atoms with Crippen LogP contribution in [0.1, 0.15) is 5.56 Å². The first-order valence-electron chi connectivity index (χ1n) is 5.89. The summed E-state index contributed by atoms with van der Waals surface area (Å²) in [6, 6.07) is 6.29. The number of hydrogen-bond acceptors (Lipinski definition) is 5. The third-order valence-corrected chi connectivity index (χ3v) is 2.54. The van der Waals surface area contributed by atoms with Crippen molar-refractivity contribution in [3.05, 3.63) is 52.2 Å². The van der Waals surface area contributed by atoms with E-state index in [1.54, 1.807) is 0 Å². The number of nitrogens with zero attached hydrogens (tertiary/aromatic N) is 2. The monoisotopic (exact) mass is 314 g/mol. The Morgan fingerprint density at radius 3 is 2.50 bits per heavy atom. The Morgan fingerprint density at radius 2 is 1.95 bits per heavy atom. The Hall–Kier alpha value is -2.84. The van der Waals surface area contributed by atoms with Gasteiger partial charge in [0, 0.05) is 18.2 Å². The number of halogens is 3. The molecule has 0 radical (unpaired) electrons. The van der Waals surface area contributed by atoms with Crippen LogP contribution in [0.5, 0.6) is 17.4 Å². The Kier molecular flexibility index (Phi) is 4.15. The molecule has 0 aliphatic heterocycles. The van der Waals surface area contributed by atoms with Gasteiger partial charge in [-0.15, -0.1) is 13.2 Å². The van der Waals surface area contributed by atoms with Gasteiger partial charge in [-0.05, 0) is 18.6 Å². The number of rotatable bonds is 4. The van der Waals surface area contributed by atoms with Gasteiger partial charge in [-0.2, -0.15) is 0 Å². The largest absolute Gasteiger partial charge is 0.573 e. The summed E-state index contributed by atoms with van der Waals surface area (Å²) in [5, 5.41) is 10.5. The van der Waals surface area contributed by atoms with E-state index in [9.17, 15) is 23.3 Å². The van der Waals surface area contributed by atoms with Crippen LogP contribution in [-0.4, -0.2) is 16.3 Å². The minimum atomic E-state index is -4.81. The minimum Gasteiger partial charge on any atom is -0.439 e. The zero-order valence-electron chi connectivity index (χ0n) is 11.1.